The van der Waals surface area contributed by atoms with E-state index in [1.54, 1.807) is 0 Å². The van der Waals surface area contributed by atoms with Crippen molar-refractivity contribution in [3.63, 3.8) is 0 Å². The highest BCUT2D eigenvalue weighted by atomic mass is 15.2. The Kier molecular flexibility index (Phi) is 3.82. The lowest BCUT2D eigenvalue weighted by molar-refractivity contribution is 0.100. The van der Waals surface area contributed by atoms with E-state index in [4.69, 9.17) is 0 Å². The molecule has 0 spiro atoms. The molecule has 1 aromatic carbocycles. The first-order valence-corrected chi connectivity index (χ1v) is 7.20. The van der Waals surface area contributed by atoms with Gasteiger partial charge in [0, 0.05) is 6.04 Å². The van der Waals surface area contributed by atoms with Crippen LogP contribution in [0.2, 0.25) is 0 Å². The highest BCUT2D eigenvalue weighted by molar-refractivity contribution is 5.30. The predicted octanol–water partition coefficient (Wildman–Crippen LogP) is 4.49. The van der Waals surface area contributed by atoms with Gasteiger partial charge in [-0.1, -0.05) is 43.2 Å². The molecule has 0 N–H and O–H groups in total. The summed E-state index contributed by atoms with van der Waals surface area (Å²) in [6.45, 7) is 14.0. The number of benzene rings is 1. The number of hydrogen-bond acceptors (Lipinski definition) is 1. The van der Waals surface area contributed by atoms with Crippen LogP contribution in [0, 0.1) is 19.3 Å². The van der Waals surface area contributed by atoms with Gasteiger partial charge in [0.15, 0.2) is 0 Å². The lowest BCUT2D eigenvalue weighted by atomic mass is 9.82. The molecule has 2 rings (SSSR count). The van der Waals surface area contributed by atoms with E-state index in [0.29, 0.717) is 11.5 Å². The summed E-state index contributed by atoms with van der Waals surface area (Å²) in [7, 11) is 0. The maximum absolute atomic E-state index is 2.64. The molecule has 0 saturated carbocycles. The molecule has 1 aliphatic heterocycles. The fourth-order valence-corrected chi connectivity index (χ4v) is 2.98. The van der Waals surface area contributed by atoms with Crippen molar-refractivity contribution in [2.24, 2.45) is 5.41 Å². The third-order valence-electron chi connectivity index (χ3n) is 4.43. The van der Waals surface area contributed by atoms with Crippen molar-refractivity contribution in [3.05, 3.63) is 34.9 Å². The molecule has 100 valence electrons. The van der Waals surface area contributed by atoms with Crippen LogP contribution in [0.3, 0.4) is 0 Å². The largest absolute Gasteiger partial charge is 0.297 e. The molecule has 1 heterocycles. The molecule has 0 radical (unpaired) electrons. The fraction of sp³-hybridized carbons (Fsp3) is 0.647. The third-order valence-corrected chi connectivity index (χ3v) is 4.43. The minimum atomic E-state index is 0.540. The summed E-state index contributed by atoms with van der Waals surface area (Å²) in [5, 5.41) is 0. The van der Waals surface area contributed by atoms with E-state index in [0.717, 1.165) is 0 Å². The molecule has 0 amide bonds. The van der Waals surface area contributed by atoms with E-state index in [1.807, 2.05) is 0 Å². The van der Waals surface area contributed by atoms with E-state index in [-0.39, 0.29) is 0 Å². The minimum Gasteiger partial charge on any atom is -0.297 e. The number of hydrogen-bond donors (Lipinski definition) is 0. The van der Waals surface area contributed by atoms with E-state index in [9.17, 15) is 0 Å². The Morgan fingerprint density at radius 1 is 1.00 bits per heavy atom. The second kappa shape index (κ2) is 5.05. The zero-order valence-corrected chi connectivity index (χ0v) is 12.6. The zero-order chi connectivity index (χ0) is 13.3. The summed E-state index contributed by atoms with van der Waals surface area (Å²) in [4.78, 5) is 2.64. The van der Waals surface area contributed by atoms with Gasteiger partial charge in [-0.25, -0.2) is 0 Å². The van der Waals surface area contributed by atoms with Gasteiger partial charge in [-0.3, -0.25) is 4.90 Å². The highest BCUT2D eigenvalue weighted by Gasteiger charge is 2.28. The van der Waals surface area contributed by atoms with Gasteiger partial charge in [0.1, 0.15) is 0 Å². The summed E-state index contributed by atoms with van der Waals surface area (Å²) in [6.07, 6.45) is 2.64. The van der Waals surface area contributed by atoms with Gasteiger partial charge in [-0.2, -0.15) is 0 Å². The van der Waals surface area contributed by atoms with E-state index < -0.39 is 0 Å². The minimum absolute atomic E-state index is 0.540. The van der Waals surface area contributed by atoms with Crippen LogP contribution in [0.15, 0.2) is 18.2 Å². The van der Waals surface area contributed by atoms with Crippen LogP contribution in [0.25, 0.3) is 0 Å². The molecular formula is C17H27N. The van der Waals surface area contributed by atoms with Crippen molar-refractivity contribution < 1.29 is 0 Å². The second-order valence-electron chi connectivity index (χ2n) is 6.80. The van der Waals surface area contributed by atoms with Gasteiger partial charge in [0.2, 0.25) is 0 Å². The Labute approximate surface area is 112 Å². The van der Waals surface area contributed by atoms with E-state index in [2.05, 4.69) is 57.7 Å². The molecule has 1 atom stereocenters. The Hall–Kier alpha value is -0.820. The van der Waals surface area contributed by atoms with Gasteiger partial charge in [-0.15, -0.1) is 0 Å². The number of likely N-dealkylation sites (tertiary alicyclic amines) is 1. The highest BCUT2D eigenvalue weighted by Crippen LogP contribution is 2.34. The first-order valence-electron chi connectivity index (χ1n) is 7.20. The molecule has 1 nitrogen and oxygen atoms in total. The molecule has 0 aromatic heterocycles. The van der Waals surface area contributed by atoms with Crippen LogP contribution < -0.4 is 0 Å². The molecule has 1 heteroatoms. The summed E-state index contributed by atoms with van der Waals surface area (Å²) in [5.74, 6) is 0. The molecular weight excluding hydrogens is 218 g/mol. The lowest BCUT2D eigenvalue weighted by Crippen LogP contribution is -2.38. The summed E-state index contributed by atoms with van der Waals surface area (Å²) in [6, 6.07) is 7.50. The SMILES string of the molecule is Cc1cc(C)cc(C(C)N2CCC(C)(C)CC2)c1. The maximum Gasteiger partial charge on any atom is 0.0320 e. The number of piperidine rings is 1. The maximum atomic E-state index is 2.64. The van der Waals surface area contributed by atoms with Gasteiger partial charge in [0.25, 0.3) is 0 Å². The summed E-state index contributed by atoms with van der Waals surface area (Å²) in [5.41, 5.74) is 4.79. The van der Waals surface area contributed by atoms with Crippen LogP contribution in [-0.2, 0) is 0 Å². The Balaban J connectivity index is 2.09. The summed E-state index contributed by atoms with van der Waals surface area (Å²) >= 11 is 0. The van der Waals surface area contributed by atoms with Crippen LogP contribution in [0.1, 0.15) is 56.3 Å². The van der Waals surface area contributed by atoms with Crippen LogP contribution in [0.5, 0.6) is 0 Å². The van der Waals surface area contributed by atoms with Crippen LogP contribution in [-0.4, -0.2) is 18.0 Å². The third kappa shape index (κ3) is 3.14. The van der Waals surface area contributed by atoms with Crippen molar-refractivity contribution in [1.82, 2.24) is 4.90 Å². The van der Waals surface area contributed by atoms with Crippen LogP contribution in [0.4, 0.5) is 0 Å². The van der Waals surface area contributed by atoms with Crippen molar-refractivity contribution in [3.8, 4) is 0 Å². The smallest absolute Gasteiger partial charge is 0.0320 e. The van der Waals surface area contributed by atoms with Gasteiger partial charge >= 0.3 is 0 Å². The lowest BCUT2D eigenvalue weighted by Gasteiger charge is -2.40. The standard InChI is InChI=1S/C17H27N/c1-13-10-14(2)12-16(11-13)15(3)18-8-6-17(4,5)7-9-18/h10-12,15H,6-9H2,1-5H3. The topological polar surface area (TPSA) is 3.24 Å². The first-order chi connectivity index (χ1) is 8.37. The number of nitrogens with zero attached hydrogens (tertiary/aromatic N) is 1. The van der Waals surface area contributed by atoms with Crippen molar-refractivity contribution in [2.75, 3.05) is 13.1 Å². The Morgan fingerprint density at radius 2 is 1.50 bits per heavy atom. The first kappa shape index (κ1) is 13.6. The molecule has 1 aliphatic rings. The molecule has 1 aromatic rings. The molecule has 1 fully saturated rings. The van der Waals surface area contributed by atoms with Crippen molar-refractivity contribution in [2.45, 2.75) is 53.5 Å². The van der Waals surface area contributed by atoms with Gasteiger partial charge in [-0.05, 0) is 57.7 Å². The van der Waals surface area contributed by atoms with Gasteiger partial charge < -0.3 is 0 Å². The molecule has 0 bridgehead atoms. The average molecular weight is 245 g/mol. The number of aryl methyl sites for hydroxylation is 2. The fourth-order valence-electron chi connectivity index (χ4n) is 2.98. The second-order valence-corrected chi connectivity index (χ2v) is 6.80. The van der Waals surface area contributed by atoms with E-state index >= 15 is 0 Å². The summed E-state index contributed by atoms with van der Waals surface area (Å²) < 4.78 is 0. The average Bonchev–Trinajstić information content (AvgIpc) is 2.27. The number of rotatable bonds is 2. The Morgan fingerprint density at radius 3 is 2.00 bits per heavy atom. The van der Waals surface area contributed by atoms with Crippen molar-refractivity contribution >= 4 is 0 Å². The monoisotopic (exact) mass is 245 g/mol. The zero-order valence-electron chi connectivity index (χ0n) is 12.6. The van der Waals surface area contributed by atoms with Crippen molar-refractivity contribution in [1.29, 1.82) is 0 Å². The van der Waals surface area contributed by atoms with E-state index in [1.165, 1.54) is 42.6 Å². The molecule has 18 heavy (non-hydrogen) atoms. The normalized spacial score (nSPS) is 21.8. The predicted molar refractivity (Wildman–Crippen MR) is 78.9 cm³/mol. The molecule has 1 unspecified atom stereocenters. The van der Waals surface area contributed by atoms with Gasteiger partial charge in [0.05, 0.1) is 0 Å². The van der Waals surface area contributed by atoms with Crippen LogP contribution >= 0.6 is 0 Å². The molecule has 1 saturated heterocycles. The quantitative estimate of drug-likeness (QED) is 0.742. The molecule has 0 aliphatic carbocycles. The Bertz CT molecular complexity index is 389.